The first kappa shape index (κ1) is 22.1. The van der Waals surface area contributed by atoms with Gasteiger partial charge < -0.3 is 25.2 Å². The Hall–Kier alpha value is -2.61. The van der Waals surface area contributed by atoms with E-state index in [1.807, 2.05) is 30.0 Å². The predicted molar refractivity (Wildman–Crippen MR) is 116 cm³/mol. The number of piperazine rings is 1. The summed E-state index contributed by atoms with van der Waals surface area (Å²) in [6, 6.07) is 10.1. The van der Waals surface area contributed by atoms with Gasteiger partial charge in [-0.25, -0.2) is 4.99 Å². The molecule has 2 aliphatic heterocycles. The van der Waals surface area contributed by atoms with Crippen LogP contribution in [0.25, 0.3) is 0 Å². The van der Waals surface area contributed by atoms with Gasteiger partial charge in [0.25, 0.3) is 5.91 Å². The summed E-state index contributed by atoms with van der Waals surface area (Å²) in [6.07, 6.45) is 2.32. The van der Waals surface area contributed by atoms with Crippen LogP contribution in [0.15, 0.2) is 35.3 Å². The molecular weight excluding hydrogens is 382 g/mol. The molecule has 0 bridgehead atoms. The normalized spacial score (nSPS) is 19.6. The Kier molecular flexibility index (Phi) is 8.50. The van der Waals surface area contributed by atoms with Gasteiger partial charge in [0.05, 0.1) is 0 Å². The fraction of sp³-hybridized carbons (Fsp3) is 0.591. The summed E-state index contributed by atoms with van der Waals surface area (Å²) in [7, 11) is 0. The SMILES string of the molecule is CCNC(=NCC(=O)NCCc1ccccc1)N1CCN(C(=O)C2CCCO2)CC1. The van der Waals surface area contributed by atoms with Crippen molar-refractivity contribution in [2.45, 2.75) is 32.3 Å². The van der Waals surface area contributed by atoms with Crippen molar-refractivity contribution in [3.05, 3.63) is 35.9 Å². The minimum absolute atomic E-state index is 0.0893. The largest absolute Gasteiger partial charge is 0.368 e. The maximum absolute atomic E-state index is 12.5. The van der Waals surface area contributed by atoms with E-state index < -0.39 is 0 Å². The van der Waals surface area contributed by atoms with Crippen LogP contribution in [-0.4, -0.2) is 86.1 Å². The third-order valence-corrected chi connectivity index (χ3v) is 5.38. The highest BCUT2D eigenvalue weighted by Gasteiger charge is 2.30. The number of ether oxygens (including phenoxy) is 1. The van der Waals surface area contributed by atoms with Crippen LogP contribution < -0.4 is 10.6 Å². The summed E-state index contributed by atoms with van der Waals surface area (Å²) < 4.78 is 5.52. The molecule has 2 fully saturated rings. The van der Waals surface area contributed by atoms with Crippen molar-refractivity contribution in [3.8, 4) is 0 Å². The standard InChI is InChI=1S/C22H33N5O3/c1-2-23-22(25-17-20(28)24-11-10-18-7-4-3-5-8-18)27-14-12-26(13-15-27)21(29)19-9-6-16-30-19/h3-5,7-8,19H,2,6,9-17H2,1H3,(H,23,25)(H,24,28). The number of nitrogens with zero attached hydrogens (tertiary/aromatic N) is 3. The molecule has 1 unspecified atom stereocenters. The van der Waals surface area contributed by atoms with Gasteiger partial charge in [0.15, 0.2) is 5.96 Å². The molecule has 2 amide bonds. The molecule has 3 rings (SSSR count). The fourth-order valence-electron chi connectivity index (χ4n) is 3.73. The summed E-state index contributed by atoms with van der Waals surface area (Å²) in [6.45, 7) is 6.78. The Balaban J connectivity index is 1.43. The lowest BCUT2D eigenvalue weighted by molar-refractivity contribution is -0.142. The number of guanidine groups is 1. The molecule has 0 radical (unpaired) electrons. The van der Waals surface area contributed by atoms with Gasteiger partial charge in [-0.3, -0.25) is 9.59 Å². The number of aliphatic imine (C=N–C) groups is 1. The van der Waals surface area contributed by atoms with E-state index in [2.05, 4.69) is 32.7 Å². The monoisotopic (exact) mass is 415 g/mol. The summed E-state index contributed by atoms with van der Waals surface area (Å²) in [5.74, 6) is 0.736. The van der Waals surface area contributed by atoms with Crippen molar-refractivity contribution in [3.63, 3.8) is 0 Å². The zero-order valence-corrected chi connectivity index (χ0v) is 17.8. The molecule has 2 N–H and O–H groups in total. The van der Waals surface area contributed by atoms with E-state index >= 15 is 0 Å². The summed E-state index contributed by atoms with van der Waals surface area (Å²) in [5, 5.41) is 6.18. The molecule has 2 heterocycles. The highest BCUT2D eigenvalue weighted by atomic mass is 16.5. The van der Waals surface area contributed by atoms with Crippen molar-refractivity contribution >= 4 is 17.8 Å². The molecule has 1 aromatic rings. The first-order valence-corrected chi connectivity index (χ1v) is 10.9. The minimum atomic E-state index is -0.266. The molecule has 8 heteroatoms. The average molecular weight is 416 g/mol. The maximum atomic E-state index is 12.5. The minimum Gasteiger partial charge on any atom is -0.368 e. The lowest BCUT2D eigenvalue weighted by Crippen LogP contribution is -2.55. The van der Waals surface area contributed by atoms with Gasteiger partial charge in [-0.05, 0) is 31.7 Å². The molecule has 8 nitrogen and oxygen atoms in total. The Morgan fingerprint density at radius 3 is 2.50 bits per heavy atom. The molecule has 30 heavy (non-hydrogen) atoms. The number of carbonyl (C=O) groups is 2. The smallest absolute Gasteiger partial charge is 0.251 e. The van der Waals surface area contributed by atoms with Gasteiger partial charge in [0.2, 0.25) is 5.91 Å². The van der Waals surface area contributed by atoms with Crippen LogP contribution in [0, 0.1) is 0 Å². The molecule has 0 saturated carbocycles. The van der Waals surface area contributed by atoms with Crippen LogP contribution in [0.3, 0.4) is 0 Å². The highest BCUT2D eigenvalue weighted by Crippen LogP contribution is 2.16. The van der Waals surface area contributed by atoms with E-state index in [4.69, 9.17) is 4.74 Å². The number of rotatable bonds is 7. The lowest BCUT2D eigenvalue weighted by atomic mass is 10.1. The van der Waals surface area contributed by atoms with Gasteiger partial charge in [-0.1, -0.05) is 30.3 Å². The van der Waals surface area contributed by atoms with Crippen LogP contribution in [-0.2, 0) is 20.7 Å². The topological polar surface area (TPSA) is 86.3 Å². The number of benzene rings is 1. The van der Waals surface area contributed by atoms with Crippen LogP contribution in [0.4, 0.5) is 0 Å². The van der Waals surface area contributed by atoms with Crippen molar-refractivity contribution in [1.29, 1.82) is 0 Å². The third kappa shape index (κ3) is 6.45. The Morgan fingerprint density at radius 1 is 1.10 bits per heavy atom. The quantitative estimate of drug-likeness (QED) is 0.504. The zero-order valence-electron chi connectivity index (χ0n) is 17.8. The van der Waals surface area contributed by atoms with E-state index in [1.54, 1.807) is 0 Å². The van der Waals surface area contributed by atoms with Crippen LogP contribution in [0.5, 0.6) is 0 Å². The van der Waals surface area contributed by atoms with E-state index in [1.165, 1.54) is 5.56 Å². The zero-order chi connectivity index (χ0) is 21.2. The third-order valence-electron chi connectivity index (χ3n) is 5.38. The van der Waals surface area contributed by atoms with Gasteiger partial charge in [-0.2, -0.15) is 0 Å². The molecule has 1 aromatic carbocycles. The molecule has 1 atom stereocenters. The number of hydrogen-bond donors (Lipinski definition) is 2. The molecular formula is C22H33N5O3. The van der Waals surface area contributed by atoms with Crippen LogP contribution in [0.1, 0.15) is 25.3 Å². The van der Waals surface area contributed by atoms with E-state index in [9.17, 15) is 9.59 Å². The second kappa shape index (κ2) is 11.5. The van der Waals surface area contributed by atoms with Crippen molar-refractivity contribution in [2.24, 2.45) is 4.99 Å². The number of hydrogen-bond acceptors (Lipinski definition) is 4. The summed E-state index contributed by atoms with van der Waals surface area (Å²) in [5.41, 5.74) is 1.20. The molecule has 0 aromatic heterocycles. The second-order valence-corrected chi connectivity index (χ2v) is 7.57. The Morgan fingerprint density at radius 2 is 1.83 bits per heavy atom. The van der Waals surface area contributed by atoms with Crippen LogP contribution in [0.2, 0.25) is 0 Å². The predicted octanol–water partition coefficient (Wildman–Crippen LogP) is 0.634. The number of nitrogens with one attached hydrogen (secondary N) is 2. The molecule has 164 valence electrons. The van der Waals surface area contributed by atoms with E-state index in [0.717, 1.165) is 31.8 Å². The summed E-state index contributed by atoms with van der Waals surface area (Å²) in [4.78, 5) is 33.2. The molecule has 2 saturated heterocycles. The van der Waals surface area contributed by atoms with E-state index in [0.29, 0.717) is 39.3 Å². The van der Waals surface area contributed by atoms with Gasteiger partial charge in [0, 0.05) is 45.9 Å². The van der Waals surface area contributed by atoms with Gasteiger partial charge >= 0.3 is 0 Å². The second-order valence-electron chi connectivity index (χ2n) is 7.57. The average Bonchev–Trinajstić information content (AvgIpc) is 3.32. The van der Waals surface area contributed by atoms with Crippen molar-refractivity contribution in [1.82, 2.24) is 20.4 Å². The lowest BCUT2D eigenvalue weighted by Gasteiger charge is -2.37. The van der Waals surface area contributed by atoms with Crippen LogP contribution >= 0.6 is 0 Å². The molecule has 0 spiro atoms. The van der Waals surface area contributed by atoms with E-state index in [-0.39, 0.29) is 24.5 Å². The number of carbonyl (C=O) groups excluding carboxylic acids is 2. The highest BCUT2D eigenvalue weighted by molar-refractivity contribution is 5.85. The van der Waals surface area contributed by atoms with Gasteiger partial charge in [-0.15, -0.1) is 0 Å². The fourth-order valence-corrected chi connectivity index (χ4v) is 3.73. The molecule has 2 aliphatic rings. The first-order chi connectivity index (χ1) is 14.7. The summed E-state index contributed by atoms with van der Waals surface area (Å²) >= 11 is 0. The first-order valence-electron chi connectivity index (χ1n) is 10.9. The van der Waals surface area contributed by atoms with Crippen molar-refractivity contribution < 1.29 is 14.3 Å². The molecule has 0 aliphatic carbocycles. The van der Waals surface area contributed by atoms with Gasteiger partial charge in [0.1, 0.15) is 12.6 Å². The Bertz CT molecular complexity index is 711. The number of amides is 2. The van der Waals surface area contributed by atoms with Crippen molar-refractivity contribution in [2.75, 3.05) is 52.4 Å². The maximum Gasteiger partial charge on any atom is 0.251 e. The Labute approximate surface area is 178 Å².